The number of amides is 3. The summed E-state index contributed by atoms with van der Waals surface area (Å²) in [5.41, 5.74) is 0. The van der Waals surface area contributed by atoms with Gasteiger partial charge >= 0.3 is 11.9 Å². The smallest absolute Gasteiger partial charge is 0.326 e. The maximum atomic E-state index is 11.9. The zero-order chi connectivity index (χ0) is 32.7. The van der Waals surface area contributed by atoms with Gasteiger partial charge in [0.2, 0.25) is 17.7 Å². The maximum absolute atomic E-state index is 11.9. The van der Waals surface area contributed by atoms with Crippen molar-refractivity contribution in [3.8, 4) is 0 Å². The average Bonchev–Trinajstić information content (AvgIpc) is 2.98. The number of hydrogen-bond acceptors (Lipinski definition) is 8. The molecule has 5 N–H and O–H groups in total. The Morgan fingerprint density at radius 3 is 1.45 bits per heavy atom. The summed E-state index contributed by atoms with van der Waals surface area (Å²) in [6.45, 7) is 2.03. The van der Waals surface area contributed by atoms with Gasteiger partial charge < -0.3 is 40.4 Å². The second kappa shape index (κ2) is 30.0. The summed E-state index contributed by atoms with van der Waals surface area (Å²) in [6, 6.07) is -1.16. The molecule has 0 bridgehead atoms. The van der Waals surface area contributed by atoms with Crippen LogP contribution in [0.2, 0.25) is 0 Å². The van der Waals surface area contributed by atoms with E-state index >= 15 is 0 Å². The SMILES string of the molecule is O=CCC[C@H](NC(=O)CCC(=O)NCCOCCOCCNC(=O)CCCCCCCCCCCCCCC(=O)O)C(=O)O. The van der Waals surface area contributed by atoms with E-state index in [9.17, 15) is 28.8 Å². The van der Waals surface area contributed by atoms with Crippen LogP contribution in [0.25, 0.3) is 0 Å². The molecule has 0 rings (SSSR count). The maximum Gasteiger partial charge on any atom is 0.326 e. The average molecular weight is 630 g/mol. The topological polar surface area (TPSA) is 197 Å². The second-order valence-corrected chi connectivity index (χ2v) is 10.8. The van der Waals surface area contributed by atoms with Crippen LogP contribution in [0.15, 0.2) is 0 Å². The number of ether oxygens (including phenoxy) is 2. The van der Waals surface area contributed by atoms with Gasteiger partial charge in [-0.25, -0.2) is 4.79 Å². The molecule has 0 fully saturated rings. The zero-order valence-electron chi connectivity index (χ0n) is 26.3. The molecule has 0 unspecified atom stereocenters. The van der Waals surface area contributed by atoms with Gasteiger partial charge in [0.15, 0.2) is 0 Å². The molecule has 0 aromatic heterocycles. The highest BCUT2D eigenvalue weighted by Crippen LogP contribution is 2.13. The van der Waals surface area contributed by atoms with Gasteiger partial charge in [-0.1, -0.05) is 64.2 Å². The minimum atomic E-state index is -1.23. The molecular weight excluding hydrogens is 574 g/mol. The van der Waals surface area contributed by atoms with E-state index in [0.29, 0.717) is 39.1 Å². The van der Waals surface area contributed by atoms with E-state index in [2.05, 4.69) is 16.0 Å². The summed E-state index contributed by atoms with van der Waals surface area (Å²) < 4.78 is 10.8. The molecule has 0 spiro atoms. The predicted octanol–water partition coefficient (Wildman–Crippen LogP) is 3.13. The van der Waals surface area contributed by atoms with Gasteiger partial charge in [-0.15, -0.1) is 0 Å². The lowest BCUT2D eigenvalue weighted by Gasteiger charge is -2.13. The highest BCUT2D eigenvalue weighted by Gasteiger charge is 2.19. The number of carbonyl (C=O) groups excluding carboxylic acids is 4. The number of aldehydes is 1. The number of carboxylic acids is 2. The Labute approximate surface area is 261 Å². The Kier molecular flexibility index (Phi) is 27.9. The summed E-state index contributed by atoms with van der Waals surface area (Å²) in [4.78, 5) is 67.5. The first-order valence-corrected chi connectivity index (χ1v) is 16.1. The van der Waals surface area contributed by atoms with Crippen LogP contribution in [0, 0.1) is 0 Å². The molecule has 0 aliphatic carbocycles. The van der Waals surface area contributed by atoms with Gasteiger partial charge in [0, 0.05) is 45.2 Å². The fourth-order valence-electron chi connectivity index (χ4n) is 4.34. The van der Waals surface area contributed by atoms with E-state index in [1.165, 1.54) is 38.5 Å². The van der Waals surface area contributed by atoms with Crippen molar-refractivity contribution in [2.24, 2.45) is 0 Å². The molecule has 0 aliphatic heterocycles. The van der Waals surface area contributed by atoms with Crippen molar-refractivity contribution in [1.82, 2.24) is 16.0 Å². The molecule has 0 saturated heterocycles. The lowest BCUT2D eigenvalue weighted by atomic mass is 10.0. The summed E-state index contributed by atoms with van der Waals surface area (Å²) in [5, 5.41) is 25.4. The molecule has 0 saturated carbocycles. The van der Waals surface area contributed by atoms with Gasteiger partial charge in [0.1, 0.15) is 12.3 Å². The first kappa shape index (κ1) is 40.9. The highest BCUT2D eigenvalue weighted by atomic mass is 16.5. The lowest BCUT2D eigenvalue weighted by molar-refractivity contribution is -0.142. The van der Waals surface area contributed by atoms with Crippen LogP contribution >= 0.6 is 0 Å². The van der Waals surface area contributed by atoms with E-state index < -0.39 is 23.9 Å². The Hall–Kier alpha value is -3.06. The third-order valence-electron chi connectivity index (χ3n) is 6.84. The quantitative estimate of drug-likeness (QED) is 0.0544. The molecule has 44 heavy (non-hydrogen) atoms. The molecule has 13 nitrogen and oxygen atoms in total. The Morgan fingerprint density at radius 1 is 0.568 bits per heavy atom. The third kappa shape index (κ3) is 29.0. The molecule has 3 amide bonds. The number of rotatable bonds is 32. The lowest BCUT2D eigenvalue weighted by Crippen LogP contribution is -2.41. The minimum Gasteiger partial charge on any atom is -0.481 e. The van der Waals surface area contributed by atoms with Crippen molar-refractivity contribution in [2.75, 3.05) is 39.5 Å². The van der Waals surface area contributed by atoms with E-state index in [1.54, 1.807) is 0 Å². The fourth-order valence-corrected chi connectivity index (χ4v) is 4.34. The monoisotopic (exact) mass is 629 g/mol. The molecule has 1 atom stereocenters. The number of nitrogens with one attached hydrogen (secondary N) is 3. The normalized spacial score (nSPS) is 11.5. The number of hydrogen-bond donors (Lipinski definition) is 5. The van der Waals surface area contributed by atoms with E-state index in [-0.39, 0.29) is 57.1 Å². The van der Waals surface area contributed by atoms with Crippen LogP contribution in [-0.4, -0.2) is 91.7 Å². The van der Waals surface area contributed by atoms with Crippen molar-refractivity contribution in [1.29, 1.82) is 0 Å². The van der Waals surface area contributed by atoms with E-state index in [4.69, 9.17) is 19.7 Å². The predicted molar refractivity (Wildman–Crippen MR) is 164 cm³/mol. The van der Waals surface area contributed by atoms with Crippen LogP contribution in [0.5, 0.6) is 0 Å². The van der Waals surface area contributed by atoms with Crippen molar-refractivity contribution < 1.29 is 48.5 Å². The fraction of sp³-hybridized carbons (Fsp3) is 0.806. The first-order valence-electron chi connectivity index (χ1n) is 16.1. The van der Waals surface area contributed by atoms with Crippen molar-refractivity contribution in [3.05, 3.63) is 0 Å². The molecule has 0 aliphatic rings. The first-order chi connectivity index (χ1) is 21.3. The van der Waals surface area contributed by atoms with E-state index in [1.807, 2.05) is 0 Å². The van der Waals surface area contributed by atoms with Crippen LogP contribution in [0.1, 0.15) is 116 Å². The highest BCUT2D eigenvalue weighted by molar-refractivity contribution is 5.87. The zero-order valence-corrected chi connectivity index (χ0v) is 26.3. The van der Waals surface area contributed by atoms with Crippen LogP contribution < -0.4 is 16.0 Å². The largest absolute Gasteiger partial charge is 0.481 e. The molecule has 0 aromatic carbocycles. The van der Waals surface area contributed by atoms with E-state index in [0.717, 1.165) is 38.5 Å². The van der Waals surface area contributed by atoms with Crippen molar-refractivity contribution >= 4 is 35.9 Å². The molecule has 13 heteroatoms. The van der Waals surface area contributed by atoms with Crippen LogP contribution in [-0.2, 0) is 38.2 Å². The Morgan fingerprint density at radius 2 is 1.00 bits per heavy atom. The summed E-state index contributed by atoms with van der Waals surface area (Å²) >= 11 is 0. The molecular formula is C31H55N3O10. The molecule has 0 aromatic rings. The van der Waals surface area contributed by atoms with Gasteiger partial charge in [-0.3, -0.25) is 19.2 Å². The third-order valence-corrected chi connectivity index (χ3v) is 6.84. The number of unbranched alkanes of at least 4 members (excludes halogenated alkanes) is 11. The molecule has 0 heterocycles. The molecule has 254 valence electrons. The van der Waals surface area contributed by atoms with Gasteiger partial charge in [-0.2, -0.15) is 0 Å². The molecule has 0 radical (unpaired) electrons. The Balaban J connectivity index is 3.44. The van der Waals surface area contributed by atoms with Crippen LogP contribution in [0.4, 0.5) is 0 Å². The summed E-state index contributed by atoms with van der Waals surface area (Å²) in [5.74, 6) is -2.84. The number of carbonyl (C=O) groups is 6. The number of carboxylic acid groups (broad SMARTS) is 2. The second-order valence-electron chi connectivity index (χ2n) is 10.8. The summed E-state index contributed by atoms with van der Waals surface area (Å²) in [7, 11) is 0. The van der Waals surface area contributed by atoms with Crippen molar-refractivity contribution in [2.45, 2.75) is 122 Å². The minimum absolute atomic E-state index is 0.00240. The van der Waals surface area contributed by atoms with Crippen LogP contribution in [0.3, 0.4) is 0 Å². The standard InChI is InChI=1S/C31H55N3O10/c35-21-13-14-26(31(41)42)34-29(38)18-17-28(37)33-20-23-44-25-24-43-22-19-32-27(36)15-11-9-7-5-3-1-2-4-6-8-10-12-16-30(39)40/h21,26H,1-20,22-25H2,(H,32,36)(H,33,37)(H,34,38)(H,39,40)(H,41,42)/t26-/m0/s1. The number of aliphatic carboxylic acids is 2. The summed E-state index contributed by atoms with van der Waals surface area (Å²) in [6.07, 6.45) is 14.5. The van der Waals surface area contributed by atoms with Gasteiger partial charge in [-0.05, 0) is 19.3 Å². The Bertz CT molecular complexity index is 810. The van der Waals surface area contributed by atoms with Crippen molar-refractivity contribution in [3.63, 3.8) is 0 Å². The van der Waals surface area contributed by atoms with Gasteiger partial charge in [0.05, 0.1) is 26.4 Å². The van der Waals surface area contributed by atoms with Gasteiger partial charge in [0.25, 0.3) is 0 Å².